The Morgan fingerprint density at radius 3 is 2.07 bits per heavy atom. The van der Waals surface area contributed by atoms with Crippen LogP contribution in [0.3, 0.4) is 0 Å². The summed E-state index contributed by atoms with van der Waals surface area (Å²) in [5.41, 5.74) is 6.02. The highest BCUT2D eigenvalue weighted by molar-refractivity contribution is 6.04. The molecule has 0 radical (unpaired) electrons. The first kappa shape index (κ1) is 30.7. The van der Waals surface area contributed by atoms with Crippen molar-refractivity contribution in [1.29, 1.82) is 0 Å². The molecule has 0 spiro atoms. The molecule has 224 valence electrons. The Balaban J connectivity index is 1.50. The van der Waals surface area contributed by atoms with Gasteiger partial charge in [-0.1, -0.05) is 32.0 Å². The van der Waals surface area contributed by atoms with Crippen molar-refractivity contribution in [1.82, 2.24) is 10.2 Å². The van der Waals surface area contributed by atoms with Gasteiger partial charge in [0.25, 0.3) is 5.91 Å². The predicted molar refractivity (Wildman–Crippen MR) is 173 cm³/mol. The zero-order valence-corrected chi connectivity index (χ0v) is 25.5. The first-order valence-electron chi connectivity index (χ1n) is 14.8. The zero-order chi connectivity index (χ0) is 30.1. The first-order chi connectivity index (χ1) is 20.3. The van der Waals surface area contributed by atoms with Crippen LogP contribution < -0.4 is 30.5 Å². The van der Waals surface area contributed by atoms with Crippen LogP contribution in [0.5, 0.6) is 5.75 Å². The van der Waals surface area contributed by atoms with Crippen molar-refractivity contribution in [2.75, 3.05) is 79.9 Å². The van der Waals surface area contributed by atoms with Gasteiger partial charge in [-0.05, 0) is 80.5 Å². The number of hydrogen-bond donors (Lipinski definition) is 3. The van der Waals surface area contributed by atoms with E-state index in [2.05, 4.69) is 50.6 Å². The largest absolute Gasteiger partial charge is 0.495 e. The molecule has 1 aliphatic rings. The van der Waals surface area contributed by atoms with Crippen molar-refractivity contribution < 1.29 is 14.3 Å². The fourth-order valence-corrected chi connectivity index (χ4v) is 5.23. The summed E-state index contributed by atoms with van der Waals surface area (Å²) in [6.07, 6.45) is 0. The van der Waals surface area contributed by atoms with Gasteiger partial charge in [-0.15, -0.1) is 0 Å². The van der Waals surface area contributed by atoms with Crippen molar-refractivity contribution in [3.05, 3.63) is 77.4 Å². The van der Waals surface area contributed by atoms with E-state index in [-0.39, 0.29) is 11.9 Å². The summed E-state index contributed by atoms with van der Waals surface area (Å²) >= 11 is 0. The van der Waals surface area contributed by atoms with Crippen LogP contribution in [-0.4, -0.2) is 76.3 Å². The smallest absolute Gasteiger partial charge is 0.323 e. The molecular weight excluding hydrogens is 528 g/mol. The van der Waals surface area contributed by atoms with Crippen LogP contribution >= 0.6 is 0 Å². The number of para-hydroxylation sites is 2. The molecule has 1 aliphatic heterocycles. The van der Waals surface area contributed by atoms with Gasteiger partial charge < -0.3 is 35.4 Å². The minimum Gasteiger partial charge on any atom is -0.495 e. The summed E-state index contributed by atoms with van der Waals surface area (Å²) in [4.78, 5) is 33.2. The zero-order valence-electron chi connectivity index (χ0n) is 25.5. The summed E-state index contributed by atoms with van der Waals surface area (Å²) in [7, 11) is 1.69. The van der Waals surface area contributed by atoms with Gasteiger partial charge in [-0.25, -0.2) is 4.79 Å². The van der Waals surface area contributed by atoms with E-state index in [0.29, 0.717) is 17.8 Å². The van der Waals surface area contributed by atoms with Crippen LogP contribution in [0, 0.1) is 13.8 Å². The Hall–Kier alpha value is -4.24. The summed E-state index contributed by atoms with van der Waals surface area (Å²) in [5, 5.41) is 8.89. The number of urea groups is 1. The van der Waals surface area contributed by atoms with Crippen LogP contribution in [0.1, 0.15) is 35.3 Å². The molecule has 3 aromatic rings. The molecule has 0 aromatic heterocycles. The molecule has 4 rings (SSSR count). The number of methoxy groups -OCH3 is 1. The number of nitrogens with zero attached hydrogens (tertiary/aromatic N) is 3. The van der Waals surface area contributed by atoms with Gasteiger partial charge in [0.1, 0.15) is 5.75 Å². The second-order valence-corrected chi connectivity index (χ2v) is 10.5. The molecule has 0 bridgehead atoms. The molecule has 3 amide bonds. The summed E-state index contributed by atoms with van der Waals surface area (Å²) < 4.78 is 5.57. The van der Waals surface area contributed by atoms with Crippen LogP contribution in [0.2, 0.25) is 0 Å². The van der Waals surface area contributed by atoms with Crippen LogP contribution in [-0.2, 0) is 0 Å². The number of amides is 3. The third-order valence-electron chi connectivity index (χ3n) is 7.92. The molecule has 0 aliphatic carbocycles. The lowest BCUT2D eigenvalue weighted by molar-refractivity contribution is 0.0949. The maximum Gasteiger partial charge on any atom is 0.323 e. The summed E-state index contributed by atoms with van der Waals surface area (Å²) in [5.74, 6) is 0.705. The number of rotatable bonds is 11. The van der Waals surface area contributed by atoms with E-state index in [9.17, 15) is 9.59 Å². The standard InChI is InChI=1S/C33H44N6O3/c1-6-37(7-2)17-16-34-32(40)28-23-27(36-33(41)35-26-13-12-24(3)25(4)22-26)14-15-29(28)38-18-20-39(21-19-38)30-10-8-9-11-31(30)42-5/h8-15,22-23H,6-7,16-21H2,1-5H3,(H,34,40)(H2,35,36,41). The van der Waals surface area contributed by atoms with Gasteiger partial charge in [-0.2, -0.15) is 0 Å². The van der Waals surface area contributed by atoms with Crippen LogP contribution in [0.25, 0.3) is 0 Å². The highest BCUT2D eigenvalue weighted by atomic mass is 16.5. The van der Waals surface area contributed by atoms with Crippen molar-refractivity contribution in [3.63, 3.8) is 0 Å². The average Bonchev–Trinajstić information content (AvgIpc) is 3.01. The van der Waals surface area contributed by atoms with Crippen molar-refractivity contribution in [2.24, 2.45) is 0 Å². The quantitative estimate of drug-likeness (QED) is 0.287. The number of likely N-dealkylation sites (N-methyl/N-ethyl adjacent to an activating group) is 1. The minimum absolute atomic E-state index is 0.150. The molecular formula is C33H44N6O3. The Morgan fingerprint density at radius 2 is 1.43 bits per heavy atom. The predicted octanol–water partition coefficient (Wildman–Crippen LogP) is 5.35. The molecule has 0 saturated carbocycles. The fourth-order valence-electron chi connectivity index (χ4n) is 5.23. The van der Waals surface area contributed by atoms with Gasteiger partial charge in [0.2, 0.25) is 0 Å². The van der Waals surface area contributed by atoms with E-state index in [1.54, 1.807) is 13.2 Å². The van der Waals surface area contributed by atoms with E-state index in [1.165, 1.54) is 0 Å². The average molecular weight is 573 g/mol. The number of carbonyl (C=O) groups is 2. The maximum atomic E-state index is 13.5. The molecule has 3 N–H and O–H groups in total. The number of hydrogen-bond acceptors (Lipinski definition) is 6. The van der Waals surface area contributed by atoms with E-state index >= 15 is 0 Å². The van der Waals surface area contributed by atoms with Crippen molar-refractivity contribution >= 4 is 34.7 Å². The molecule has 1 fully saturated rings. The fraction of sp³-hybridized carbons (Fsp3) is 0.394. The molecule has 42 heavy (non-hydrogen) atoms. The number of benzene rings is 3. The molecule has 1 heterocycles. The van der Waals surface area contributed by atoms with Gasteiger partial charge in [0, 0.05) is 56.3 Å². The monoisotopic (exact) mass is 572 g/mol. The number of ether oxygens (including phenoxy) is 1. The third-order valence-corrected chi connectivity index (χ3v) is 7.92. The number of aryl methyl sites for hydroxylation is 2. The van der Waals surface area contributed by atoms with E-state index in [1.807, 2.05) is 62.4 Å². The Labute approximate surface area is 249 Å². The number of anilines is 4. The summed E-state index contributed by atoms with van der Waals surface area (Å²) in [6, 6.07) is 19.1. The van der Waals surface area contributed by atoms with Crippen LogP contribution in [0.15, 0.2) is 60.7 Å². The molecule has 3 aromatic carbocycles. The number of piperazine rings is 1. The molecule has 0 unspecified atom stereocenters. The minimum atomic E-state index is -0.357. The molecule has 9 nitrogen and oxygen atoms in total. The van der Waals surface area contributed by atoms with Crippen molar-refractivity contribution in [2.45, 2.75) is 27.7 Å². The third kappa shape index (κ3) is 7.73. The van der Waals surface area contributed by atoms with Crippen molar-refractivity contribution in [3.8, 4) is 5.75 Å². The second kappa shape index (κ2) is 14.6. The van der Waals surface area contributed by atoms with E-state index in [0.717, 1.165) is 79.8 Å². The second-order valence-electron chi connectivity index (χ2n) is 10.5. The molecule has 0 atom stereocenters. The number of nitrogens with one attached hydrogen (secondary N) is 3. The van der Waals surface area contributed by atoms with Gasteiger partial charge >= 0.3 is 6.03 Å². The Kier molecular flexibility index (Phi) is 10.7. The first-order valence-corrected chi connectivity index (χ1v) is 14.8. The van der Waals surface area contributed by atoms with E-state index in [4.69, 9.17) is 4.74 Å². The van der Waals surface area contributed by atoms with Gasteiger partial charge in [0.15, 0.2) is 0 Å². The lowest BCUT2D eigenvalue weighted by Gasteiger charge is -2.38. The Morgan fingerprint density at radius 1 is 0.810 bits per heavy atom. The number of carbonyl (C=O) groups excluding carboxylic acids is 2. The molecule has 1 saturated heterocycles. The van der Waals surface area contributed by atoms with Gasteiger partial charge in [0.05, 0.1) is 18.4 Å². The topological polar surface area (TPSA) is 89.2 Å². The molecule has 9 heteroatoms. The SMILES string of the molecule is CCN(CC)CCNC(=O)c1cc(NC(=O)Nc2ccc(C)c(C)c2)ccc1N1CCN(c2ccccc2OC)CC1. The lowest BCUT2D eigenvalue weighted by atomic mass is 10.1. The maximum absolute atomic E-state index is 13.5. The Bertz CT molecular complexity index is 1370. The summed E-state index contributed by atoms with van der Waals surface area (Å²) in [6.45, 7) is 14.6. The van der Waals surface area contributed by atoms with Gasteiger partial charge in [-0.3, -0.25) is 4.79 Å². The lowest BCUT2D eigenvalue weighted by Crippen LogP contribution is -2.47. The highest BCUT2D eigenvalue weighted by Gasteiger charge is 2.24. The normalized spacial score (nSPS) is 13.2. The highest BCUT2D eigenvalue weighted by Crippen LogP contribution is 2.31. The van der Waals surface area contributed by atoms with E-state index < -0.39 is 0 Å². The van der Waals surface area contributed by atoms with Crippen LogP contribution in [0.4, 0.5) is 27.5 Å².